The maximum atomic E-state index is 13.4. The number of aryl methyl sites for hydroxylation is 1. The summed E-state index contributed by atoms with van der Waals surface area (Å²) in [4.78, 5) is 0.306. The molecule has 3 aromatic rings. The molecule has 4 rings (SSSR count). The van der Waals surface area contributed by atoms with Crippen molar-refractivity contribution in [1.82, 2.24) is 4.31 Å². The third kappa shape index (κ3) is 3.71. The molecule has 1 saturated heterocycles. The summed E-state index contributed by atoms with van der Waals surface area (Å²) in [5, 5.41) is 0.614. The van der Waals surface area contributed by atoms with Crippen molar-refractivity contribution in [3.63, 3.8) is 0 Å². The summed E-state index contributed by atoms with van der Waals surface area (Å²) in [5.41, 5.74) is 3.36. The Balaban J connectivity index is 1.83. The third-order valence-electron chi connectivity index (χ3n) is 5.85. The van der Waals surface area contributed by atoms with Gasteiger partial charge in [0.1, 0.15) is 0 Å². The van der Waals surface area contributed by atoms with Crippen molar-refractivity contribution in [2.24, 2.45) is 0 Å². The molecule has 3 aromatic carbocycles. The quantitative estimate of drug-likeness (QED) is 0.532. The van der Waals surface area contributed by atoms with Crippen molar-refractivity contribution in [3.05, 3.63) is 107 Å². The van der Waals surface area contributed by atoms with E-state index in [4.69, 9.17) is 11.6 Å². The van der Waals surface area contributed by atoms with Crippen molar-refractivity contribution >= 4 is 26.7 Å². The molecule has 0 amide bonds. The van der Waals surface area contributed by atoms with Gasteiger partial charge in [0.25, 0.3) is 0 Å². The van der Waals surface area contributed by atoms with Crippen molar-refractivity contribution in [2.45, 2.75) is 24.2 Å². The topological polar surface area (TPSA) is 37.4 Å². The molecule has 3 nitrogen and oxygen atoms in total. The minimum absolute atomic E-state index is 0.259. The van der Waals surface area contributed by atoms with Gasteiger partial charge in [0.05, 0.1) is 4.90 Å². The maximum absolute atomic E-state index is 13.4. The van der Waals surface area contributed by atoms with E-state index in [1.54, 1.807) is 16.4 Å². The van der Waals surface area contributed by atoms with Gasteiger partial charge >= 0.3 is 0 Å². The molecule has 0 saturated carbocycles. The molecule has 154 valence electrons. The summed E-state index contributed by atoms with van der Waals surface area (Å²) in [6.07, 6.45) is 0. The number of sulfonamides is 1. The van der Waals surface area contributed by atoms with Gasteiger partial charge in [0.15, 0.2) is 0 Å². The van der Waals surface area contributed by atoms with Gasteiger partial charge in [0, 0.05) is 23.5 Å². The van der Waals surface area contributed by atoms with E-state index in [1.165, 1.54) is 0 Å². The normalized spacial score (nSPS) is 21.6. The second-order valence-electron chi connectivity index (χ2n) is 7.94. The van der Waals surface area contributed by atoms with E-state index in [-0.39, 0.29) is 6.54 Å². The fourth-order valence-electron chi connectivity index (χ4n) is 4.03. The summed E-state index contributed by atoms with van der Waals surface area (Å²) in [6.45, 7) is 4.62. The largest absolute Gasteiger partial charge is 0.243 e. The second-order valence-corrected chi connectivity index (χ2v) is 10.3. The molecule has 1 fully saturated rings. The summed E-state index contributed by atoms with van der Waals surface area (Å²) < 4.78 is 28.4. The van der Waals surface area contributed by atoms with Gasteiger partial charge in [-0.25, -0.2) is 8.42 Å². The molecule has 0 aliphatic carbocycles. The lowest BCUT2D eigenvalue weighted by atomic mass is 9.77. The van der Waals surface area contributed by atoms with Crippen molar-refractivity contribution in [3.8, 4) is 0 Å². The molecule has 1 heterocycles. The molecular weight excluding hydrogens is 414 g/mol. The van der Waals surface area contributed by atoms with E-state index < -0.39 is 15.4 Å². The molecule has 0 aromatic heterocycles. The molecule has 1 aliphatic rings. The van der Waals surface area contributed by atoms with Crippen LogP contribution < -0.4 is 0 Å². The standard InChI is InChI=1S/C25H24ClNO2S/c1-19-13-15-22(16-14-19)30(28,29)27-17-23(24(26)20-9-5-3-6-10-20)25(2,18-27)21-11-7-4-8-12-21/h3-16H,17-18H2,1-2H3/b24-23+/t25-/m1/s1. The first-order chi connectivity index (χ1) is 14.3. The first-order valence-corrected chi connectivity index (χ1v) is 11.7. The molecule has 0 radical (unpaired) electrons. The highest BCUT2D eigenvalue weighted by Crippen LogP contribution is 2.45. The third-order valence-corrected chi connectivity index (χ3v) is 8.11. The fourth-order valence-corrected chi connectivity index (χ4v) is 5.93. The van der Waals surface area contributed by atoms with E-state index >= 15 is 0 Å². The Morgan fingerprint density at radius 3 is 2.07 bits per heavy atom. The van der Waals surface area contributed by atoms with Crippen LogP contribution in [0.2, 0.25) is 0 Å². The van der Waals surface area contributed by atoms with Gasteiger partial charge in [-0.3, -0.25) is 0 Å². The zero-order chi connectivity index (χ0) is 21.4. The summed E-state index contributed by atoms with van der Waals surface area (Å²) in [6, 6.07) is 26.7. The van der Waals surface area contributed by atoms with Crippen LogP contribution in [-0.4, -0.2) is 25.8 Å². The molecule has 30 heavy (non-hydrogen) atoms. The minimum Gasteiger partial charge on any atom is -0.207 e. The molecule has 0 bridgehead atoms. The molecule has 0 spiro atoms. The SMILES string of the molecule is Cc1ccc(S(=O)(=O)N2C/C(=C(\Cl)c3ccccc3)[C@@](C)(c3ccccc3)C2)cc1. The minimum atomic E-state index is -3.64. The zero-order valence-corrected chi connectivity index (χ0v) is 18.6. The Morgan fingerprint density at radius 2 is 1.47 bits per heavy atom. The van der Waals surface area contributed by atoms with Gasteiger partial charge in [-0.15, -0.1) is 0 Å². The Morgan fingerprint density at radius 1 is 0.900 bits per heavy atom. The van der Waals surface area contributed by atoms with Gasteiger partial charge in [-0.1, -0.05) is 96.9 Å². The Hall–Kier alpha value is -2.40. The van der Waals surface area contributed by atoms with Crippen LogP contribution in [0.25, 0.3) is 5.03 Å². The monoisotopic (exact) mass is 437 g/mol. The Labute approximate surface area is 183 Å². The number of rotatable bonds is 4. The van der Waals surface area contributed by atoms with Crippen LogP contribution in [0.1, 0.15) is 23.6 Å². The van der Waals surface area contributed by atoms with Crippen LogP contribution in [0.15, 0.2) is 95.4 Å². The van der Waals surface area contributed by atoms with Crippen LogP contribution in [0.3, 0.4) is 0 Å². The van der Waals surface area contributed by atoms with Crippen LogP contribution in [0.4, 0.5) is 0 Å². The predicted molar refractivity (Wildman–Crippen MR) is 123 cm³/mol. The lowest BCUT2D eigenvalue weighted by molar-refractivity contribution is 0.443. The lowest BCUT2D eigenvalue weighted by Gasteiger charge is -2.27. The average molecular weight is 438 g/mol. The van der Waals surface area contributed by atoms with Gasteiger partial charge in [-0.05, 0) is 35.8 Å². The Bertz CT molecular complexity index is 1170. The number of benzene rings is 3. The zero-order valence-electron chi connectivity index (χ0n) is 17.0. The van der Waals surface area contributed by atoms with E-state index in [2.05, 4.69) is 6.92 Å². The first kappa shape index (κ1) is 20.9. The smallest absolute Gasteiger partial charge is 0.207 e. The fraction of sp³-hybridized carbons (Fsp3) is 0.200. The van der Waals surface area contributed by atoms with E-state index in [0.29, 0.717) is 16.5 Å². The van der Waals surface area contributed by atoms with Crippen molar-refractivity contribution < 1.29 is 8.42 Å². The molecule has 0 N–H and O–H groups in total. The molecule has 5 heteroatoms. The Kier molecular flexibility index (Phi) is 5.58. The van der Waals surface area contributed by atoms with E-state index in [1.807, 2.05) is 79.7 Å². The van der Waals surface area contributed by atoms with E-state index in [9.17, 15) is 8.42 Å². The van der Waals surface area contributed by atoms with Crippen LogP contribution in [0, 0.1) is 6.92 Å². The van der Waals surface area contributed by atoms with Crippen LogP contribution >= 0.6 is 11.6 Å². The van der Waals surface area contributed by atoms with Crippen LogP contribution in [0.5, 0.6) is 0 Å². The highest BCUT2D eigenvalue weighted by Gasteiger charge is 2.46. The van der Waals surface area contributed by atoms with Gasteiger partial charge in [-0.2, -0.15) is 4.31 Å². The van der Waals surface area contributed by atoms with Crippen molar-refractivity contribution in [2.75, 3.05) is 13.1 Å². The van der Waals surface area contributed by atoms with Crippen molar-refractivity contribution in [1.29, 1.82) is 0 Å². The average Bonchev–Trinajstić information content (AvgIpc) is 3.14. The molecule has 1 atom stereocenters. The summed E-state index contributed by atoms with van der Waals surface area (Å²) >= 11 is 6.89. The van der Waals surface area contributed by atoms with Crippen LogP contribution in [-0.2, 0) is 15.4 Å². The maximum Gasteiger partial charge on any atom is 0.243 e. The summed E-state index contributed by atoms with van der Waals surface area (Å²) in [7, 11) is -3.64. The first-order valence-electron chi connectivity index (χ1n) is 9.89. The van der Waals surface area contributed by atoms with Gasteiger partial charge in [0.2, 0.25) is 10.0 Å². The van der Waals surface area contributed by atoms with E-state index in [0.717, 1.165) is 22.3 Å². The second kappa shape index (κ2) is 8.03. The molecular formula is C25H24ClNO2S. The predicted octanol–water partition coefficient (Wildman–Crippen LogP) is 5.61. The lowest BCUT2D eigenvalue weighted by Crippen LogP contribution is -2.33. The molecule has 1 aliphatic heterocycles. The molecule has 0 unspecified atom stereocenters. The highest BCUT2D eigenvalue weighted by atomic mass is 35.5. The number of nitrogens with zero attached hydrogens (tertiary/aromatic N) is 1. The summed E-state index contributed by atoms with van der Waals surface area (Å²) in [5.74, 6) is 0. The van der Waals surface area contributed by atoms with Gasteiger partial charge < -0.3 is 0 Å². The number of halogens is 1. The number of hydrogen-bond acceptors (Lipinski definition) is 2. The highest BCUT2D eigenvalue weighted by molar-refractivity contribution is 7.89. The number of hydrogen-bond donors (Lipinski definition) is 0.